The predicted molar refractivity (Wildman–Crippen MR) is 287 cm³/mol. The molecule has 0 aromatic rings. The number of rotatable bonds is 48. The molecule has 66 heavy (non-hydrogen) atoms. The molecule has 3 unspecified atom stereocenters. The molecule has 0 aliphatic rings. The van der Waals surface area contributed by atoms with Crippen LogP contribution in [0.15, 0.2) is 97.2 Å². The average Bonchev–Trinajstić information content (AvgIpc) is 3.31. The van der Waals surface area contributed by atoms with E-state index in [1.54, 1.807) is 0 Å². The first-order valence-corrected chi connectivity index (χ1v) is 27.5. The molecule has 0 rings (SSSR count). The molecule has 0 bridgehead atoms. The van der Waals surface area contributed by atoms with Crippen molar-refractivity contribution in [2.75, 3.05) is 6.61 Å². The van der Waals surface area contributed by atoms with Crippen molar-refractivity contribution in [2.45, 2.75) is 264 Å². The molecule has 0 aromatic heterocycles. The predicted octanol–water partition coefficient (Wildman–Crippen LogP) is 16.9. The van der Waals surface area contributed by atoms with E-state index in [1.165, 1.54) is 109 Å². The monoisotopic (exact) mass is 918 g/mol. The lowest BCUT2D eigenvalue weighted by Crippen LogP contribution is -2.46. The molecule has 0 fully saturated rings. The smallest absolute Gasteiger partial charge is 0.306 e. The molecular formula is C60H103NO5. The first kappa shape index (κ1) is 62.8. The first-order valence-electron chi connectivity index (χ1n) is 27.5. The average molecular weight is 918 g/mol. The number of nitrogens with one attached hydrogen (secondary N) is 1. The van der Waals surface area contributed by atoms with Gasteiger partial charge in [-0.2, -0.15) is 0 Å². The minimum atomic E-state index is -0.806. The zero-order chi connectivity index (χ0) is 48.1. The van der Waals surface area contributed by atoms with E-state index in [4.69, 9.17) is 4.74 Å². The van der Waals surface area contributed by atoms with Crippen molar-refractivity contribution in [3.63, 3.8) is 0 Å². The number of hydrogen-bond acceptors (Lipinski definition) is 5. The summed E-state index contributed by atoms with van der Waals surface area (Å²) in [4.78, 5) is 26.2. The van der Waals surface area contributed by atoms with Gasteiger partial charge in [0.15, 0.2) is 0 Å². The van der Waals surface area contributed by atoms with Gasteiger partial charge in [-0.3, -0.25) is 9.59 Å². The van der Waals surface area contributed by atoms with Gasteiger partial charge in [-0.1, -0.05) is 253 Å². The highest BCUT2D eigenvalue weighted by molar-refractivity contribution is 5.77. The van der Waals surface area contributed by atoms with Crippen LogP contribution in [0, 0.1) is 0 Å². The molecule has 0 saturated carbocycles. The number of ether oxygens (including phenoxy) is 1. The van der Waals surface area contributed by atoms with Crippen LogP contribution >= 0.6 is 0 Å². The van der Waals surface area contributed by atoms with E-state index in [-0.39, 0.29) is 24.9 Å². The number of allylic oxidation sites excluding steroid dienone is 16. The van der Waals surface area contributed by atoms with Crippen LogP contribution in [-0.4, -0.2) is 46.9 Å². The number of amides is 1. The van der Waals surface area contributed by atoms with Gasteiger partial charge in [0.1, 0.15) is 6.10 Å². The van der Waals surface area contributed by atoms with E-state index in [2.05, 4.69) is 68.6 Å². The molecule has 0 aromatic carbocycles. The molecule has 378 valence electrons. The molecular weight excluding hydrogens is 815 g/mol. The van der Waals surface area contributed by atoms with Crippen molar-refractivity contribution in [2.24, 2.45) is 0 Å². The highest BCUT2D eigenvalue weighted by Gasteiger charge is 2.24. The Hall–Kier alpha value is -3.22. The maximum atomic E-state index is 13.3. The lowest BCUT2D eigenvalue weighted by Gasteiger charge is -2.24. The lowest BCUT2D eigenvalue weighted by atomic mass is 10.0. The van der Waals surface area contributed by atoms with Crippen LogP contribution in [0.25, 0.3) is 0 Å². The molecule has 3 atom stereocenters. The van der Waals surface area contributed by atoms with E-state index in [0.717, 1.165) is 89.9 Å². The van der Waals surface area contributed by atoms with Crippen LogP contribution < -0.4 is 5.32 Å². The number of unbranched alkanes of at least 4 members (excludes halogenated alkanes) is 25. The van der Waals surface area contributed by atoms with Gasteiger partial charge in [0.25, 0.3) is 0 Å². The molecule has 6 nitrogen and oxygen atoms in total. The standard InChI is InChI=1S/C60H103NO5/c1-4-7-10-13-16-19-22-25-28-29-32-35-38-41-44-47-50-53-60(65)66-56(51-48-45-42-39-36-33-30-26-23-20-17-14-11-8-5-2)54-59(64)61-57(55-62)58(63)52-49-46-43-40-37-34-31-27-24-21-18-15-12-9-6-3/h7,10,13,16-17,19-20,22,25-26,28-30,32,35,38,56-58,62-63H,4-6,8-9,11-12,14-15,18,21,23-24,27,31,33-34,36-37,39-55H2,1-3H3,(H,61,64)/b10-7-,16-13+,20-17-,22-19+,28-25-,30-26-,32-29+,38-35+. The molecule has 3 N–H and O–H groups in total. The quantitative estimate of drug-likeness (QED) is 0.0245. The summed E-state index contributed by atoms with van der Waals surface area (Å²) in [5, 5.41) is 23.8. The summed E-state index contributed by atoms with van der Waals surface area (Å²) in [6.45, 7) is 6.31. The molecule has 0 radical (unpaired) electrons. The maximum Gasteiger partial charge on any atom is 0.306 e. The summed E-state index contributed by atoms with van der Waals surface area (Å²) < 4.78 is 5.92. The number of esters is 1. The van der Waals surface area contributed by atoms with Gasteiger partial charge in [0.05, 0.1) is 25.2 Å². The molecule has 0 saturated heterocycles. The number of aliphatic hydroxyl groups excluding tert-OH is 2. The van der Waals surface area contributed by atoms with E-state index in [1.807, 2.05) is 54.7 Å². The Morgan fingerprint density at radius 1 is 0.470 bits per heavy atom. The van der Waals surface area contributed by atoms with Crippen LogP contribution in [-0.2, 0) is 14.3 Å². The number of aliphatic hydroxyl groups is 2. The SMILES string of the molecule is CC\C=C/C=C/C=C/C=C\C=C\C=C\CCCCCC(=O)OC(CCCCCCC/C=C\C/C=C\CCCCC)CC(=O)NC(CO)C(O)CCCCCCCCCCCCCCCCC. The van der Waals surface area contributed by atoms with Crippen LogP contribution in [0.1, 0.15) is 245 Å². The van der Waals surface area contributed by atoms with Gasteiger partial charge in [-0.15, -0.1) is 0 Å². The van der Waals surface area contributed by atoms with Gasteiger partial charge < -0.3 is 20.3 Å². The molecule has 0 aliphatic heterocycles. The van der Waals surface area contributed by atoms with Crippen molar-refractivity contribution in [3.05, 3.63) is 97.2 Å². The number of hydrogen-bond donors (Lipinski definition) is 3. The summed E-state index contributed by atoms with van der Waals surface area (Å²) in [5.41, 5.74) is 0. The number of carbonyl (C=O) groups is 2. The zero-order valence-electron chi connectivity index (χ0n) is 43.0. The molecule has 6 heteroatoms. The summed E-state index contributed by atoms with van der Waals surface area (Å²) in [6.07, 6.45) is 70.3. The second kappa shape index (κ2) is 52.7. The van der Waals surface area contributed by atoms with Crippen LogP contribution in [0.2, 0.25) is 0 Å². The lowest BCUT2D eigenvalue weighted by molar-refractivity contribution is -0.151. The molecule has 1 amide bonds. The minimum Gasteiger partial charge on any atom is -0.462 e. The van der Waals surface area contributed by atoms with Gasteiger partial charge >= 0.3 is 5.97 Å². The Kier molecular flexibility index (Phi) is 50.2. The summed E-state index contributed by atoms with van der Waals surface area (Å²) in [7, 11) is 0. The van der Waals surface area contributed by atoms with Crippen molar-refractivity contribution in [3.8, 4) is 0 Å². The Labute approximate surface area is 407 Å². The fraction of sp³-hybridized carbons (Fsp3) is 0.700. The van der Waals surface area contributed by atoms with E-state index >= 15 is 0 Å². The van der Waals surface area contributed by atoms with Crippen molar-refractivity contribution < 1.29 is 24.5 Å². The van der Waals surface area contributed by atoms with Gasteiger partial charge in [-0.05, 0) is 77.0 Å². The minimum absolute atomic E-state index is 0.0449. The second-order valence-corrected chi connectivity index (χ2v) is 18.4. The molecule has 0 aliphatic carbocycles. The van der Waals surface area contributed by atoms with Gasteiger partial charge in [0, 0.05) is 6.42 Å². The second-order valence-electron chi connectivity index (χ2n) is 18.4. The summed E-state index contributed by atoms with van der Waals surface area (Å²) in [5.74, 6) is -0.542. The Morgan fingerprint density at radius 3 is 1.39 bits per heavy atom. The summed E-state index contributed by atoms with van der Waals surface area (Å²) >= 11 is 0. The van der Waals surface area contributed by atoms with E-state index in [9.17, 15) is 19.8 Å². The van der Waals surface area contributed by atoms with E-state index < -0.39 is 18.2 Å². The third-order valence-electron chi connectivity index (χ3n) is 12.1. The Morgan fingerprint density at radius 2 is 0.879 bits per heavy atom. The Bertz CT molecular complexity index is 1310. The van der Waals surface area contributed by atoms with Gasteiger partial charge in [-0.25, -0.2) is 0 Å². The first-order chi connectivity index (χ1) is 32.5. The normalized spacial score (nSPS) is 14.0. The largest absolute Gasteiger partial charge is 0.462 e. The van der Waals surface area contributed by atoms with Crippen LogP contribution in [0.3, 0.4) is 0 Å². The zero-order valence-corrected chi connectivity index (χ0v) is 43.0. The summed E-state index contributed by atoms with van der Waals surface area (Å²) in [6, 6.07) is -0.722. The number of carbonyl (C=O) groups excluding carboxylic acids is 2. The van der Waals surface area contributed by atoms with Crippen LogP contribution in [0.4, 0.5) is 0 Å². The third kappa shape index (κ3) is 47.3. The highest BCUT2D eigenvalue weighted by atomic mass is 16.5. The van der Waals surface area contributed by atoms with Crippen molar-refractivity contribution in [1.29, 1.82) is 0 Å². The van der Waals surface area contributed by atoms with Gasteiger partial charge in [0.2, 0.25) is 5.91 Å². The fourth-order valence-electron chi connectivity index (χ4n) is 7.90. The van der Waals surface area contributed by atoms with Crippen LogP contribution in [0.5, 0.6) is 0 Å². The van der Waals surface area contributed by atoms with Crippen molar-refractivity contribution >= 4 is 11.9 Å². The van der Waals surface area contributed by atoms with E-state index in [0.29, 0.717) is 19.3 Å². The maximum absolute atomic E-state index is 13.3. The topological polar surface area (TPSA) is 95.9 Å². The highest BCUT2D eigenvalue weighted by Crippen LogP contribution is 2.18. The van der Waals surface area contributed by atoms with Crippen molar-refractivity contribution in [1.82, 2.24) is 5.32 Å². The Balaban J connectivity index is 4.70. The fourth-order valence-corrected chi connectivity index (χ4v) is 7.90. The molecule has 0 heterocycles. The third-order valence-corrected chi connectivity index (χ3v) is 12.1. The molecule has 0 spiro atoms.